The number of imide groups is 1. The number of amides is 3. The van der Waals surface area contributed by atoms with Gasteiger partial charge in [-0.3, -0.25) is 19.3 Å². The van der Waals surface area contributed by atoms with E-state index >= 15 is 0 Å². The number of rotatable bonds is 7. The Morgan fingerprint density at radius 2 is 2.07 bits per heavy atom. The molecule has 162 valence electrons. The number of carbonyl (C=O) groups is 4. The van der Waals surface area contributed by atoms with Crippen LogP contribution in [-0.2, 0) is 20.9 Å². The predicted molar refractivity (Wildman–Crippen MR) is 110 cm³/mol. The lowest BCUT2D eigenvalue weighted by molar-refractivity contribution is -0.147. The minimum Gasteiger partial charge on any atom is -0.456 e. The van der Waals surface area contributed by atoms with Gasteiger partial charge in [0.2, 0.25) is 5.78 Å². The average Bonchev–Trinajstić information content (AvgIpc) is 3.12. The van der Waals surface area contributed by atoms with Crippen LogP contribution >= 0.6 is 0 Å². The highest BCUT2D eigenvalue weighted by atomic mass is 16.5. The monoisotopic (exact) mass is 415 g/mol. The third kappa shape index (κ3) is 3.78. The zero-order valence-corrected chi connectivity index (χ0v) is 17.8. The molecule has 1 aliphatic carbocycles. The summed E-state index contributed by atoms with van der Waals surface area (Å²) in [7, 11) is 0. The largest absolute Gasteiger partial charge is 0.456 e. The summed E-state index contributed by atoms with van der Waals surface area (Å²) < 4.78 is 7.04. The fourth-order valence-electron chi connectivity index (χ4n) is 4.53. The molecule has 2 atom stereocenters. The van der Waals surface area contributed by atoms with Crippen LogP contribution in [0, 0.1) is 19.8 Å². The quantitative estimate of drug-likeness (QED) is 0.319. The summed E-state index contributed by atoms with van der Waals surface area (Å²) in [4.78, 5) is 50.9. The van der Waals surface area contributed by atoms with Crippen molar-refractivity contribution in [3.05, 3.63) is 35.7 Å². The van der Waals surface area contributed by atoms with Crippen molar-refractivity contribution >= 4 is 23.7 Å². The van der Waals surface area contributed by atoms with Crippen LogP contribution in [0.25, 0.3) is 0 Å². The Hall–Kier alpha value is -2.90. The molecule has 1 aromatic heterocycles. The maximum absolute atomic E-state index is 12.9. The molecular weight excluding hydrogens is 386 g/mol. The van der Waals surface area contributed by atoms with E-state index in [2.05, 4.69) is 11.9 Å². The molecular formula is C22H29N3O5. The fourth-order valence-corrected chi connectivity index (χ4v) is 4.53. The molecule has 1 aromatic rings. The molecule has 1 aliphatic heterocycles. The van der Waals surface area contributed by atoms with Crippen molar-refractivity contribution in [1.82, 2.24) is 14.8 Å². The van der Waals surface area contributed by atoms with Gasteiger partial charge in [-0.1, -0.05) is 25.8 Å². The third-order valence-electron chi connectivity index (χ3n) is 6.34. The topological polar surface area (TPSA) is 97.7 Å². The maximum atomic E-state index is 12.9. The van der Waals surface area contributed by atoms with Crippen molar-refractivity contribution in [3.63, 3.8) is 0 Å². The second kappa shape index (κ2) is 8.45. The SMILES string of the molecule is C=CCn1c(C)cc(C(=O)COC(=O)CN2C(=O)N[C@@]3(CCCC[C@@H]3C)C2=O)c1C. The number of urea groups is 1. The molecule has 1 saturated heterocycles. The lowest BCUT2D eigenvalue weighted by atomic mass is 9.73. The Morgan fingerprint density at radius 1 is 1.33 bits per heavy atom. The van der Waals surface area contributed by atoms with Crippen LogP contribution in [-0.4, -0.2) is 51.8 Å². The highest BCUT2D eigenvalue weighted by Crippen LogP contribution is 2.38. The number of nitrogens with zero attached hydrogens (tertiary/aromatic N) is 2. The number of ether oxygens (including phenoxy) is 1. The molecule has 2 fully saturated rings. The van der Waals surface area contributed by atoms with Crippen molar-refractivity contribution in [3.8, 4) is 0 Å². The van der Waals surface area contributed by atoms with Gasteiger partial charge in [0.1, 0.15) is 12.1 Å². The van der Waals surface area contributed by atoms with E-state index in [0.717, 1.165) is 35.6 Å². The first kappa shape index (κ1) is 21.8. The summed E-state index contributed by atoms with van der Waals surface area (Å²) in [5.41, 5.74) is 1.24. The number of hydrogen-bond acceptors (Lipinski definition) is 5. The minimum absolute atomic E-state index is 0.0103. The van der Waals surface area contributed by atoms with Gasteiger partial charge in [-0.15, -0.1) is 6.58 Å². The number of Topliss-reactive ketones (excluding diaryl/α,β-unsaturated/α-hetero) is 1. The molecule has 8 nitrogen and oxygen atoms in total. The van der Waals surface area contributed by atoms with E-state index in [9.17, 15) is 19.2 Å². The smallest absolute Gasteiger partial charge is 0.326 e. The van der Waals surface area contributed by atoms with Gasteiger partial charge >= 0.3 is 12.0 Å². The number of esters is 1. The Balaban J connectivity index is 1.60. The first-order valence-electron chi connectivity index (χ1n) is 10.3. The van der Waals surface area contributed by atoms with Crippen molar-refractivity contribution in [2.75, 3.05) is 13.2 Å². The summed E-state index contributed by atoms with van der Waals surface area (Å²) >= 11 is 0. The van der Waals surface area contributed by atoms with Gasteiger partial charge < -0.3 is 14.6 Å². The van der Waals surface area contributed by atoms with Crippen molar-refractivity contribution in [1.29, 1.82) is 0 Å². The second-order valence-corrected chi connectivity index (χ2v) is 8.21. The Bertz CT molecular complexity index is 903. The standard InChI is InChI=1S/C22H29N3O5/c1-5-10-24-15(3)11-17(16(24)4)18(26)13-30-19(27)12-25-20(28)22(23-21(25)29)9-7-6-8-14(22)2/h5,11,14H,1,6-10,12-13H2,2-4H3,(H,23,29)/t14-,22+/m0/s1. The van der Waals surface area contributed by atoms with Crippen LogP contribution in [0.1, 0.15) is 54.4 Å². The summed E-state index contributed by atoms with van der Waals surface area (Å²) in [5.74, 6) is -1.49. The van der Waals surface area contributed by atoms with Gasteiger partial charge in [0.05, 0.1) is 0 Å². The van der Waals surface area contributed by atoms with E-state index in [4.69, 9.17) is 4.74 Å². The predicted octanol–water partition coefficient (Wildman–Crippen LogP) is 2.52. The van der Waals surface area contributed by atoms with E-state index in [1.54, 1.807) is 12.1 Å². The molecule has 2 aliphatic rings. The molecule has 0 radical (unpaired) electrons. The molecule has 1 saturated carbocycles. The van der Waals surface area contributed by atoms with Gasteiger partial charge in [0.25, 0.3) is 5.91 Å². The number of aryl methyl sites for hydroxylation is 1. The van der Waals surface area contributed by atoms with E-state index < -0.39 is 30.7 Å². The molecule has 30 heavy (non-hydrogen) atoms. The van der Waals surface area contributed by atoms with E-state index in [-0.39, 0.29) is 17.6 Å². The Morgan fingerprint density at radius 3 is 2.73 bits per heavy atom. The number of hydrogen-bond donors (Lipinski definition) is 1. The maximum Gasteiger partial charge on any atom is 0.326 e. The molecule has 3 amide bonds. The first-order chi connectivity index (χ1) is 14.2. The zero-order chi connectivity index (χ0) is 22.1. The number of ketones is 1. The molecule has 0 aromatic carbocycles. The molecule has 1 spiro atoms. The number of carbonyl (C=O) groups excluding carboxylic acids is 4. The second-order valence-electron chi connectivity index (χ2n) is 8.21. The van der Waals surface area contributed by atoms with Gasteiger partial charge in [-0.2, -0.15) is 0 Å². The number of aromatic nitrogens is 1. The average molecular weight is 415 g/mol. The lowest BCUT2D eigenvalue weighted by Gasteiger charge is -2.36. The summed E-state index contributed by atoms with van der Waals surface area (Å²) in [6, 6.07) is 1.17. The summed E-state index contributed by atoms with van der Waals surface area (Å²) in [6.07, 6.45) is 5.04. The van der Waals surface area contributed by atoms with Gasteiger partial charge in [-0.25, -0.2) is 4.79 Å². The van der Waals surface area contributed by atoms with E-state index in [0.29, 0.717) is 18.5 Å². The lowest BCUT2D eigenvalue weighted by Crippen LogP contribution is -2.54. The molecule has 0 unspecified atom stereocenters. The van der Waals surface area contributed by atoms with Gasteiger partial charge in [0.15, 0.2) is 6.61 Å². The Kier molecular flexibility index (Phi) is 6.14. The Labute approximate surface area is 176 Å². The third-order valence-corrected chi connectivity index (χ3v) is 6.34. The summed E-state index contributed by atoms with van der Waals surface area (Å²) in [5, 5.41) is 2.80. The molecule has 0 bridgehead atoms. The van der Waals surface area contributed by atoms with Gasteiger partial charge in [-0.05, 0) is 38.7 Å². The van der Waals surface area contributed by atoms with Crippen molar-refractivity contribution < 1.29 is 23.9 Å². The first-order valence-corrected chi connectivity index (χ1v) is 10.3. The number of nitrogens with one attached hydrogen (secondary N) is 1. The van der Waals surface area contributed by atoms with Crippen LogP contribution < -0.4 is 5.32 Å². The highest BCUT2D eigenvalue weighted by Gasteiger charge is 2.55. The fraction of sp³-hybridized carbons (Fsp3) is 0.545. The van der Waals surface area contributed by atoms with Crippen LogP contribution in [0.3, 0.4) is 0 Å². The van der Waals surface area contributed by atoms with Crippen molar-refractivity contribution in [2.24, 2.45) is 5.92 Å². The van der Waals surface area contributed by atoms with E-state index in [1.807, 2.05) is 25.3 Å². The van der Waals surface area contributed by atoms with E-state index in [1.165, 1.54) is 0 Å². The zero-order valence-electron chi connectivity index (χ0n) is 17.8. The van der Waals surface area contributed by atoms with Crippen molar-refractivity contribution in [2.45, 2.75) is 58.5 Å². The molecule has 2 heterocycles. The summed E-state index contributed by atoms with van der Waals surface area (Å²) in [6.45, 7) is 9.01. The molecule has 8 heteroatoms. The van der Waals surface area contributed by atoms with Gasteiger partial charge in [0, 0.05) is 23.5 Å². The number of allylic oxidation sites excluding steroid dienone is 1. The molecule has 1 N–H and O–H groups in total. The van der Waals surface area contributed by atoms with Crippen LogP contribution in [0.4, 0.5) is 4.79 Å². The van der Waals surface area contributed by atoms with Crippen LogP contribution in [0.2, 0.25) is 0 Å². The normalized spacial score (nSPS) is 23.6. The minimum atomic E-state index is -0.922. The highest BCUT2D eigenvalue weighted by molar-refractivity contribution is 6.09. The van der Waals surface area contributed by atoms with Crippen LogP contribution in [0.5, 0.6) is 0 Å². The molecule has 3 rings (SSSR count). The van der Waals surface area contributed by atoms with Crippen LogP contribution in [0.15, 0.2) is 18.7 Å².